The number of urea groups is 1. The number of hydrogen-bond acceptors (Lipinski definition) is 6. The Bertz CT molecular complexity index is 895. The van der Waals surface area contributed by atoms with Gasteiger partial charge in [-0.05, 0) is 18.2 Å². The van der Waals surface area contributed by atoms with E-state index in [2.05, 4.69) is 10.4 Å². The molecule has 2 aromatic rings. The number of carbonyl (C=O) groups is 3. The molecular formula is C16H15F3N4O5. The Labute approximate surface area is 156 Å². The second kappa shape index (κ2) is 8.41. The standard InChI is InChI=1S/C16H15F3N4O5/c1-20-15(26)21-12(24)8-28-14(25)13-11(27-2)7-23(22-13)10-5-3-4-9(6-10)16(17,18)19/h3-7H,8H2,1-2H3,(H2,20,21,24,26). The molecule has 3 amide bonds. The van der Waals surface area contributed by atoms with Crippen LogP contribution in [0.1, 0.15) is 16.1 Å². The highest BCUT2D eigenvalue weighted by molar-refractivity contribution is 5.97. The Kier molecular flexibility index (Phi) is 6.23. The minimum atomic E-state index is -4.55. The molecule has 0 saturated carbocycles. The second-order valence-corrected chi connectivity index (χ2v) is 5.24. The summed E-state index contributed by atoms with van der Waals surface area (Å²) in [5, 5.41) is 7.90. The normalized spacial score (nSPS) is 10.9. The fraction of sp³-hybridized carbons (Fsp3) is 0.250. The van der Waals surface area contributed by atoms with Gasteiger partial charge in [0.25, 0.3) is 5.91 Å². The molecule has 0 aliphatic heterocycles. The predicted molar refractivity (Wildman–Crippen MR) is 88.0 cm³/mol. The zero-order chi connectivity index (χ0) is 20.9. The van der Waals surface area contributed by atoms with Crippen LogP contribution in [0.15, 0.2) is 30.5 Å². The van der Waals surface area contributed by atoms with E-state index in [0.717, 1.165) is 16.8 Å². The van der Waals surface area contributed by atoms with E-state index in [-0.39, 0.29) is 17.1 Å². The van der Waals surface area contributed by atoms with E-state index in [9.17, 15) is 27.6 Å². The lowest BCUT2D eigenvalue weighted by atomic mass is 10.2. The van der Waals surface area contributed by atoms with Crippen LogP contribution >= 0.6 is 0 Å². The molecule has 0 saturated heterocycles. The highest BCUT2D eigenvalue weighted by Crippen LogP contribution is 2.30. The lowest BCUT2D eigenvalue weighted by Crippen LogP contribution is -2.39. The van der Waals surface area contributed by atoms with Gasteiger partial charge >= 0.3 is 18.2 Å². The summed E-state index contributed by atoms with van der Waals surface area (Å²) in [6.07, 6.45) is -3.36. The fourth-order valence-electron chi connectivity index (χ4n) is 2.03. The fourth-order valence-corrected chi connectivity index (χ4v) is 2.03. The number of nitrogens with zero attached hydrogens (tertiary/aromatic N) is 2. The third-order valence-electron chi connectivity index (χ3n) is 3.35. The van der Waals surface area contributed by atoms with Crippen molar-refractivity contribution in [3.05, 3.63) is 41.7 Å². The first-order chi connectivity index (χ1) is 13.2. The summed E-state index contributed by atoms with van der Waals surface area (Å²) in [7, 11) is 2.52. The molecule has 2 N–H and O–H groups in total. The number of methoxy groups -OCH3 is 1. The van der Waals surface area contributed by atoms with Gasteiger partial charge in [-0.3, -0.25) is 10.1 Å². The van der Waals surface area contributed by atoms with Crippen molar-refractivity contribution >= 4 is 17.9 Å². The summed E-state index contributed by atoms with van der Waals surface area (Å²) in [4.78, 5) is 34.6. The second-order valence-electron chi connectivity index (χ2n) is 5.24. The molecule has 0 unspecified atom stereocenters. The average Bonchev–Trinajstić information content (AvgIpc) is 3.10. The van der Waals surface area contributed by atoms with Gasteiger partial charge in [-0.1, -0.05) is 6.07 Å². The van der Waals surface area contributed by atoms with E-state index in [1.165, 1.54) is 32.5 Å². The van der Waals surface area contributed by atoms with Crippen LogP contribution < -0.4 is 15.4 Å². The van der Waals surface area contributed by atoms with Crippen molar-refractivity contribution in [1.29, 1.82) is 0 Å². The molecular weight excluding hydrogens is 385 g/mol. The van der Waals surface area contributed by atoms with E-state index in [1.54, 1.807) is 0 Å². The van der Waals surface area contributed by atoms with Crippen LogP contribution in [0.5, 0.6) is 5.75 Å². The smallest absolute Gasteiger partial charge is 0.416 e. The summed E-state index contributed by atoms with van der Waals surface area (Å²) in [5.74, 6) is -2.02. The van der Waals surface area contributed by atoms with Crippen LogP contribution in [-0.4, -0.2) is 48.5 Å². The minimum Gasteiger partial charge on any atom is -0.493 e. The Balaban J connectivity index is 2.19. The molecule has 0 radical (unpaired) electrons. The molecule has 1 aromatic carbocycles. The molecule has 9 nitrogen and oxygen atoms in total. The van der Waals surface area contributed by atoms with Gasteiger partial charge in [0.2, 0.25) is 5.69 Å². The number of halogens is 3. The number of aromatic nitrogens is 2. The van der Waals surface area contributed by atoms with Crippen molar-refractivity contribution in [1.82, 2.24) is 20.4 Å². The van der Waals surface area contributed by atoms with Gasteiger partial charge in [0.1, 0.15) is 0 Å². The van der Waals surface area contributed by atoms with Gasteiger partial charge < -0.3 is 14.8 Å². The molecule has 0 fully saturated rings. The molecule has 0 spiro atoms. The van der Waals surface area contributed by atoms with Crippen molar-refractivity contribution in [2.24, 2.45) is 0 Å². The highest BCUT2D eigenvalue weighted by Gasteiger charge is 2.31. The zero-order valence-electron chi connectivity index (χ0n) is 14.7. The Hall–Kier alpha value is -3.57. The Morgan fingerprint density at radius 1 is 1.25 bits per heavy atom. The first kappa shape index (κ1) is 20.7. The topological polar surface area (TPSA) is 112 Å². The predicted octanol–water partition coefficient (Wildman–Crippen LogP) is 1.51. The summed E-state index contributed by atoms with van der Waals surface area (Å²) >= 11 is 0. The summed E-state index contributed by atoms with van der Waals surface area (Å²) in [6, 6.07) is 3.50. The van der Waals surface area contributed by atoms with Gasteiger partial charge in [0.05, 0.1) is 24.6 Å². The van der Waals surface area contributed by atoms with Crippen molar-refractivity contribution in [3.8, 4) is 11.4 Å². The third-order valence-corrected chi connectivity index (χ3v) is 3.35. The number of hydrogen-bond donors (Lipinski definition) is 2. The van der Waals surface area contributed by atoms with Crippen LogP contribution in [0, 0.1) is 0 Å². The molecule has 1 aromatic heterocycles. The SMILES string of the molecule is CNC(=O)NC(=O)COC(=O)c1nn(-c2cccc(C(F)(F)F)c2)cc1OC. The summed E-state index contributed by atoms with van der Waals surface area (Å²) < 4.78 is 49.3. The highest BCUT2D eigenvalue weighted by atomic mass is 19.4. The molecule has 2 rings (SSSR count). The number of nitrogens with one attached hydrogen (secondary N) is 2. The van der Waals surface area contributed by atoms with E-state index in [4.69, 9.17) is 9.47 Å². The molecule has 28 heavy (non-hydrogen) atoms. The number of esters is 1. The molecule has 150 valence electrons. The quantitative estimate of drug-likeness (QED) is 0.736. The molecule has 0 aliphatic rings. The lowest BCUT2D eigenvalue weighted by Gasteiger charge is -2.08. The number of alkyl halides is 3. The number of imide groups is 1. The van der Waals surface area contributed by atoms with Crippen LogP contribution in [0.4, 0.5) is 18.0 Å². The number of carbonyl (C=O) groups excluding carboxylic acids is 3. The zero-order valence-corrected chi connectivity index (χ0v) is 14.7. The van der Waals surface area contributed by atoms with E-state index in [1.807, 2.05) is 5.32 Å². The molecule has 0 aliphatic carbocycles. The van der Waals surface area contributed by atoms with Gasteiger partial charge in [-0.15, -0.1) is 0 Å². The molecule has 0 atom stereocenters. The lowest BCUT2D eigenvalue weighted by molar-refractivity contribution is -0.137. The number of amides is 3. The van der Waals surface area contributed by atoms with Crippen LogP contribution in [0.2, 0.25) is 0 Å². The van der Waals surface area contributed by atoms with Crippen LogP contribution in [0.3, 0.4) is 0 Å². The van der Waals surface area contributed by atoms with Crippen molar-refractivity contribution in [3.63, 3.8) is 0 Å². The Morgan fingerprint density at radius 2 is 1.96 bits per heavy atom. The van der Waals surface area contributed by atoms with Crippen LogP contribution in [0.25, 0.3) is 5.69 Å². The first-order valence-corrected chi connectivity index (χ1v) is 7.65. The van der Waals surface area contributed by atoms with E-state index >= 15 is 0 Å². The third kappa shape index (κ3) is 4.99. The number of rotatable bonds is 5. The Morgan fingerprint density at radius 3 is 2.57 bits per heavy atom. The molecule has 1 heterocycles. The van der Waals surface area contributed by atoms with Gasteiger partial charge in [0.15, 0.2) is 12.4 Å². The monoisotopic (exact) mass is 400 g/mol. The maximum Gasteiger partial charge on any atom is 0.416 e. The first-order valence-electron chi connectivity index (χ1n) is 7.65. The molecule has 0 bridgehead atoms. The summed E-state index contributed by atoms with van der Waals surface area (Å²) in [5.41, 5.74) is -1.22. The largest absolute Gasteiger partial charge is 0.493 e. The maximum absolute atomic E-state index is 12.9. The van der Waals surface area contributed by atoms with Crippen molar-refractivity contribution < 1.29 is 37.0 Å². The van der Waals surface area contributed by atoms with Gasteiger partial charge in [-0.2, -0.15) is 18.3 Å². The van der Waals surface area contributed by atoms with Crippen molar-refractivity contribution in [2.45, 2.75) is 6.18 Å². The number of ether oxygens (including phenoxy) is 2. The van der Waals surface area contributed by atoms with E-state index in [0.29, 0.717) is 0 Å². The average molecular weight is 400 g/mol. The van der Waals surface area contributed by atoms with Crippen LogP contribution in [-0.2, 0) is 15.7 Å². The summed E-state index contributed by atoms with van der Waals surface area (Å²) in [6.45, 7) is -0.772. The number of benzene rings is 1. The van der Waals surface area contributed by atoms with Gasteiger partial charge in [0, 0.05) is 7.05 Å². The van der Waals surface area contributed by atoms with Gasteiger partial charge in [-0.25, -0.2) is 14.3 Å². The van der Waals surface area contributed by atoms with E-state index < -0.39 is 36.3 Å². The molecule has 12 heteroatoms. The minimum absolute atomic E-state index is 0.0320. The van der Waals surface area contributed by atoms with Crippen molar-refractivity contribution in [2.75, 3.05) is 20.8 Å². The maximum atomic E-state index is 12.9.